The summed E-state index contributed by atoms with van der Waals surface area (Å²) in [6.07, 6.45) is 5.62. The number of carbonyl (C=O) groups is 1. The lowest BCUT2D eigenvalue weighted by Crippen LogP contribution is -2.67. The first-order valence-corrected chi connectivity index (χ1v) is 8.99. The molecule has 1 fully saturated rings. The second-order valence-electron chi connectivity index (χ2n) is 7.72. The first kappa shape index (κ1) is 15.3. The van der Waals surface area contributed by atoms with Crippen molar-refractivity contribution in [3.8, 4) is 11.5 Å². The largest absolute Gasteiger partial charge is 0.493 e. The molecule has 4 aliphatic rings. The predicted molar refractivity (Wildman–Crippen MR) is 89.5 cm³/mol. The molecule has 5 rings (SSSR count). The van der Waals surface area contributed by atoms with E-state index in [0.717, 1.165) is 31.2 Å². The van der Waals surface area contributed by atoms with Crippen molar-refractivity contribution in [2.75, 3.05) is 7.11 Å². The molecule has 1 saturated carbocycles. The Morgan fingerprint density at radius 2 is 2.24 bits per heavy atom. The number of carbonyl (C=O) groups excluding carboxylic acids is 1. The van der Waals surface area contributed by atoms with Crippen molar-refractivity contribution in [1.82, 2.24) is 0 Å². The molecule has 4 atom stereocenters. The summed E-state index contributed by atoms with van der Waals surface area (Å²) in [5.74, 6) is 1.76. The van der Waals surface area contributed by atoms with E-state index in [4.69, 9.17) is 14.2 Å². The zero-order chi connectivity index (χ0) is 17.4. The molecule has 1 aromatic carbocycles. The number of hydrogen-bond acceptors (Lipinski definition) is 5. The first-order chi connectivity index (χ1) is 12.0. The molecule has 0 saturated heterocycles. The van der Waals surface area contributed by atoms with E-state index in [-0.39, 0.29) is 11.9 Å². The van der Waals surface area contributed by atoms with Crippen molar-refractivity contribution in [3.63, 3.8) is 0 Å². The lowest BCUT2D eigenvalue weighted by Gasteiger charge is -2.59. The van der Waals surface area contributed by atoms with Gasteiger partial charge in [0.25, 0.3) is 0 Å². The van der Waals surface area contributed by atoms with Gasteiger partial charge in [0.15, 0.2) is 17.6 Å². The Morgan fingerprint density at radius 3 is 3.00 bits per heavy atom. The molecular formula is C20H22O5. The Labute approximate surface area is 146 Å². The highest BCUT2D eigenvalue weighted by molar-refractivity contribution is 5.69. The Kier molecular flexibility index (Phi) is 2.92. The van der Waals surface area contributed by atoms with Gasteiger partial charge in [-0.05, 0) is 49.3 Å². The molecule has 2 bridgehead atoms. The quantitative estimate of drug-likeness (QED) is 0.837. The lowest BCUT2D eigenvalue weighted by molar-refractivity contribution is -0.158. The van der Waals surface area contributed by atoms with Crippen LogP contribution in [-0.4, -0.2) is 29.9 Å². The average Bonchev–Trinajstić information content (AvgIpc) is 2.91. The van der Waals surface area contributed by atoms with Gasteiger partial charge in [-0.1, -0.05) is 12.5 Å². The van der Waals surface area contributed by atoms with Gasteiger partial charge in [0.05, 0.1) is 18.1 Å². The second-order valence-corrected chi connectivity index (χ2v) is 7.72. The van der Waals surface area contributed by atoms with E-state index in [9.17, 15) is 9.90 Å². The molecule has 25 heavy (non-hydrogen) atoms. The molecule has 5 heteroatoms. The van der Waals surface area contributed by atoms with Crippen LogP contribution in [0.25, 0.3) is 0 Å². The third-order valence-electron chi connectivity index (χ3n) is 6.73. The van der Waals surface area contributed by atoms with Crippen molar-refractivity contribution in [1.29, 1.82) is 0 Å². The minimum absolute atomic E-state index is 0.203. The molecule has 0 radical (unpaired) electrons. The van der Waals surface area contributed by atoms with Crippen LogP contribution in [0.1, 0.15) is 43.7 Å². The summed E-state index contributed by atoms with van der Waals surface area (Å²) in [5, 5.41) is 11.8. The van der Waals surface area contributed by atoms with Crippen LogP contribution in [0, 0.1) is 5.92 Å². The molecule has 1 aliphatic heterocycles. The zero-order valence-electron chi connectivity index (χ0n) is 14.5. The molecule has 5 nitrogen and oxygen atoms in total. The average molecular weight is 342 g/mol. The molecule has 1 heterocycles. The van der Waals surface area contributed by atoms with E-state index in [1.54, 1.807) is 7.11 Å². The fourth-order valence-electron chi connectivity index (χ4n) is 5.85. The Hall–Kier alpha value is -2.01. The van der Waals surface area contributed by atoms with Crippen molar-refractivity contribution >= 4 is 5.97 Å². The highest BCUT2D eigenvalue weighted by Gasteiger charge is 2.70. The van der Waals surface area contributed by atoms with Crippen molar-refractivity contribution in [3.05, 3.63) is 35.1 Å². The molecule has 1 spiro atoms. The number of aliphatic hydroxyl groups is 1. The summed E-state index contributed by atoms with van der Waals surface area (Å²) in [4.78, 5) is 11.6. The fourth-order valence-corrected chi connectivity index (χ4v) is 5.85. The van der Waals surface area contributed by atoms with Gasteiger partial charge < -0.3 is 19.3 Å². The molecule has 0 unspecified atom stereocenters. The number of methoxy groups -OCH3 is 1. The van der Waals surface area contributed by atoms with E-state index in [1.807, 2.05) is 12.1 Å². The number of rotatable bonds is 2. The highest BCUT2D eigenvalue weighted by Crippen LogP contribution is 2.67. The maximum Gasteiger partial charge on any atom is 0.307 e. The van der Waals surface area contributed by atoms with Crippen LogP contribution in [-0.2, 0) is 21.4 Å². The minimum atomic E-state index is -0.857. The Bertz CT molecular complexity index is 813. The monoisotopic (exact) mass is 342 g/mol. The van der Waals surface area contributed by atoms with Crippen LogP contribution in [0.2, 0.25) is 0 Å². The van der Waals surface area contributed by atoms with Crippen molar-refractivity contribution in [2.24, 2.45) is 5.92 Å². The van der Waals surface area contributed by atoms with E-state index in [2.05, 4.69) is 6.07 Å². The summed E-state index contributed by atoms with van der Waals surface area (Å²) < 4.78 is 17.4. The molecule has 0 aromatic heterocycles. The molecule has 1 aromatic rings. The molecule has 132 valence electrons. The topological polar surface area (TPSA) is 65.0 Å². The van der Waals surface area contributed by atoms with Crippen LogP contribution in [0.15, 0.2) is 24.0 Å². The van der Waals surface area contributed by atoms with E-state index in [0.29, 0.717) is 23.7 Å². The number of ether oxygens (including phenoxy) is 3. The van der Waals surface area contributed by atoms with E-state index >= 15 is 0 Å². The summed E-state index contributed by atoms with van der Waals surface area (Å²) in [6, 6.07) is 4.05. The lowest BCUT2D eigenvalue weighted by atomic mass is 9.47. The smallest absolute Gasteiger partial charge is 0.307 e. The maximum atomic E-state index is 11.8. The number of benzene rings is 1. The summed E-state index contributed by atoms with van der Waals surface area (Å²) in [7, 11) is 1.63. The maximum absolute atomic E-state index is 11.8. The van der Waals surface area contributed by atoms with Crippen LogP contribution >= 0.6 is 0 Å². The third kappa shape index (κ3) is 1.65. The predicted octanol–water partition coefficient (Wildman–Crippen LogP) is 2.63. The van der Waals surface area contributed by atoms with Gasteiger partial charge in [-0.25, -0.2) is 0 Å². The van der Waals surface area contributed by atoms with E-state index < -0.39 is 17.1 Å². The molecule has 1 N–H and O–H groups in total. The summed E-state index contributed by atoms with van der Waals surface area (Å²) >= 11 is 0. The van der Waals surface area contributed by atoms with E-state index in [1.165, 1.54) is 12.5 Å². The van der Waals surface area contributed by atoms with Gasteiger partial charge in [-0.2, -0.15) is 0 Å². The van der Waals surface area contributed by atoms with Gasteiger partial charge >= 0.3 is 5.97 Å². The van der Waals surface area contributed by atoms with Gasteiger partial charge in [-0.15, -0.1) is 0 Å². The number of esters is 1. The molecular weight excluding hydrogens is 320 g/mol. The Balaban J connectivity index is 1.79. The van der Waals surface area contributed by atoms with Crippen LogP contribution in [0.4, 0.5) is 0 Å². The standard InChI is InChI=1S/C20H22O5/c1-11(21)24-15-7-9-20(22)13-4-3-8-19(20)16-12(10-13)5-6-14(23-2)17(16)25-18(15)19/h5-7,13,18,22H,3-4,8-10H2,1-2H3/t13-,18+,19+,20-/m1/s1. The highest BCUT2D eigenvalue weighted by atomic mass is 16.6. The van der Waals surface area contributed by atoms with Crippen molar-refractivity contribution < 1.29 is 24.1 Å². The van der Waals surface area contributed by atoms with Gasteiger partial charge in [0.2, 0.25) is 0 Å². The van der Waals surface area contributed by atoms with Gasteiger partial charge in [0, 0.05) is 12.5 Å². The first-order valence-electron chi connectivity index (χ1n) is 8.99. The molecule has 0 amide bonds. The summed E-state index contributed by atoms with van der Waals surface area (Å²) in [6.45, 7) is 1.40. The second kappa shape index (κ2) is 4.79. The normalized spacial score (nSPS) is 36.8. The molecule has 3 aliphatic carbocycles. The zero-order valence-corrected chi connectivity index (χ0v) is 14.5. The van der Waals surface area contributed by atoms with Gasteiger partial charge in [0.1, 0.15) is 5.76 Å². The minimum Gasteiger partial charge on any atom is -0.493 e. The summed E-state index contributed by atoms with van der Waals surface area (Å²) in [5.41, 5.74) is 0.904. The number of hydrogen-bond donors (Lipinski definition) is 1. The Morgan fingerprint density at radius 1 is 1.40 bits per heavy atom. The van der Waals surface area contributed by atoms with Crippen molar-refractivity contribution in [2.45, 2.75) is 56.1 Å². The third-order valence-corrected chi connectivity index (χ3v) is 6.73. The fraction of sp³-hybridized carbons (Fsp3) is 0.550. The SMILES string of the molecule is COc1ccc2c3c1O[C@H]1C(OC(C)=O)=CC[C@@]4(O)[C@H](CCC[C@]314)C2. The van der Waals surface area contributed by atoms with Gasteiger partial charge in [-0.3, -0.25) is 4.79 Å². The van der Waals surface area contributed by atoms with Crippen LogP contribution in [0.3, 0.4) is 0 Å². The van der Waals surface area contributed by atoms with Crippen LogP contribution in [0.5, 0.6) is 11.5 Å². The van der Waals surface area contributed by atoms with Crippen LogP contribution < -0.4 is 9.47 Å².